The highest BCUT2D eigenvalue weighted by atomic mass is 127. The third-order valence-electron chi connectivity index (χ3n) is 3.91. The molecule has 2 aromatic heterocycles. The van der Waals surface area contributed by atoms with Crippen LogP contribution in [0.3, 0.4) is 0 Å². The lowest BCUT2D eigenvalue weighted by Crippen LogP contribution is -2.15. The molecule has 3 aromatic rings. The highest BCUT2D eigenvalue weighted by molar-refractivity contribution is 14.1. The number of methoxy groups -OCH3 is 1. The first kappa shape index (κ1) is 17.5. The monoisotopic (exact) mass is 451 g/mol. The molecule has 25 heavy (non-hydrogen) atoms. The minimum atomic E-state index is -0.228. The molecule has 0 fully saturated rings. The molecule has 2 heterocycles. The maximum absolute atomic E-state index is 12.4. The number of anilines is 1. The summed E-state index contributed by atoms with van der Waals surface area (Å²) >= 11 is 2.07. The number of nitrogens with zero attached hydrogens (tertiary/aromatic N) is 3. The Morgan fingerprint density at radius 2 is 2.20 bits per heavy atom. The molecule has 1 amide bonds. The molecule has 0 saturated heterocycles. The van der Waals surface area contributed by atoms with Gasteiger partial charge in [0.05, 0.1) is 40.5 Å². The lowest BCUT2D eigenvalue weighted by atomic mass is 10.2. The molecule has 0 aliphatic rings. The molecule has 1 aromatic carbocycles. The van der Waals surface area contributed by atoms with Crippen LogP contribution < -0.4 is 10.1 Å². The first-order valence-corrected chi connectivity index (χ1v) is 8.74. The van der Waals surface area contributed by atoms with Crippen molar-refractivity contribution < 1.29 is 9.53 Å². The van der Waals surface area contributed by atoms with E-state index in [0.29, 0.717) is 12.2 Å². The molecule has 0 aliphatic heterocycles. The molecular formula is C17H18IN5O2. The van der Waals surface area contributed by atoms with E-state index in [0.717, 1.165) is 32.0 Å². The first-order valence-electron chi connectivity index (χ1n) is 7.66. The number of nitrogens with one attached hydrogen (secondary N) is 2. The van der Waals surface area contributed by atoms with Crippen molar-refractivity contribution in [3.63, 3.8) is 0 Å². The van der Waals surface area contributed by atoms with Crippen molar-refractivity contribution in [2.45, 2.75) is 20.4 Å². The second-order valence-electron chi connectivity index (χ2n) is 5.60. The highest BCUT2D eigenvalue weighted by Crippen LogP contribution is 2.22. The van der Waals surface area contributed by atoms with Crippen LogP contribution in [0.4, 0.5) is 5.69 Å². The van der Waals surface area contributed by atoms with Crippen LogP contribution in [0.2, 0.25) is 0 Å². The fourth-order valence-corrected chi connectivity index (χ4v) is 3.09. The number of H-pyrrole nitrogens is 1. The van der Waals surface area contributed by atoms with Crippen LogP contribution >= 0.6 is 22.6 Å². The van der Waals surface area contributed by atoms with Crippen molar-refractivity contribution in [1.82, 2.24) is 20.0 Å². The lowest BCUT2D eigenvalue weighted by molar-refractivity contribution is 0.102. The van der Waals surface area contributed by atoms with Crippen molar-refractivity contribution in [3.8, 4) is 5.75 Å². The lowest BCUT2D eigenvalue weighted by Gasteiger charge is -2.08. The molecule has 0 aliphatic carbocycles. The third-order valence-corrected chi connectivity index (χ3v) is 4.72. The average molecular weight is 451 g/mol. The number of halogens is 1. The molecule has 3 rings (SSSR count). The van der Waals surface area contributed by atoms with Gasteiger partial charge in [0.1, 0.15) is 11.4 Å². The van der Waals surface area contributed by atoms with E-state index in [4.69, 9.17) is 4.74 Å². The summed E-state index contributed by atoms with van der Waals surface area (Å²) in [5.41, 5.74) is 3.90. The fraction of sp³-hybridized carbons (Fsp3) is 0.235. The molecule has 0 saturated carbocycles. The Bertz CT molecular complexity index is 916. The minimum Gasteiger partial charge on any atom is -0.497 e. The number of carbonyl (C=O) groups excluding carboxylic acids is 1. The number of aromatic nitrogens is 4. The zero-order valence-electron chi connectivity index (χ0n) is 14.1. The molecular weight excluding hydrogens is 433 g/mol. The molecule has 8 heteroatoms. The Kier molecular flexibility index (Phi) is 5.07. The van der Waals surface area contributed by atoms with Gasteiger partial charge in [0.25, 0.3) is 5.91 Å². The largest absolute Gasteiger partial charge is 0.497 e. The number of ether oxygens (including phenoxy) is 1. The van der Waals surface area contributed by atoms with Crippen LogP contribution in [-0.2, 0) is 6.54 Å². The number of aromatic amines is 1. The van der Waals surface area contributed by atoms with Gasteiger partial charge in [0.15, 0.2) is 0 Å². The molecule has 0 bridgehead atoms. The topological polar surface area (TPSA) is 84.8 Å². The van der Waals surface area contributed by atoms with E-state index >= 15 is 0 Å². The summed E-state index contributed by atoms with van der Waals surface area (Å²) in [6.45, 7) is 4.41. The number of aryl methyl sites for hydroxylation is 1. The van der Waals surface area contributed by atoms with Gasteiger partial charge in [-0.3, -0.25) is 14.6 Å². The average Bonchev–Trinajstić information content (AvgIpc) is 3.14. The van der Waals surface area contributed by atoms with Crippen LogP contribution in [-0.4, -0.2) is 33.0 Å². The molecule has 7 nitrogen and oxygen atoms in total. The SMILES string of the molecule is COc1cccc(Cn2nc(C)c(NC(=O)c3[nH]ncc3I)c2C)c1. The second kappa shape index (κ2) is 7.26. The summed E-state index contributed by atoms with van der Waals surface area (Å²) in [6.07, 6.45) is 1.61. The van der Waals surface area contributed by atoms with E-state index in [-0.39, 0.29) is 5.91 Å². The van der Waals surface area contributed by atoms with Crippen LogP contribution in [0.5, 0.6) is 5.75 Å². The number of carbonyl (C=O) groups is 1. The Morgan fingerprint density at radius 1 is 1.40 bits per heavy atom. The summed E-state index contributed by atoms with van der Waals surface area (Å²) in [7, 11) is 1.65. The zero-order valence-corrected chi connectivity index (χ0v) is 16.3. The van der Waals surface area contributed by atoms with Crippen molar-refractivity contribution in [2.75, 3.05) is 12.4 Å². The summed E-state index contributed by atoms with van der Waals surface area (Å²) in [5, 5.41) is 14.1. The fourth-order valence-electron chi connectivity index (χ4n) is 2.58. The van der Waals surface area contributed by atoms with E-state index in [1.807, 2.05) is 42.8 Å². The van der Waals surface area contributed by atoms with E-state index in [2.05, 4.69) is 43.2 Å². The first-order chi connectivity index (χ1) is 12.0. The van der Waals surface area contributed by atoms with Crippen molar-refractivity contribution in [2.24, 2.45) is 0 Å². The van der Waals surface area contributed by atoms with Gasteiger partial charge in [0.2, 0.25) is 0 Å². The van der Waals surface area contributed by atoms with Gasteiger partial charge >= 0.3 is 0 Å². The van der Waals surface area contributed by atoms with Gasteiger partial charge in [0, 0.05) is 0 Å². The molecule has 130 valence electrons. The number of rotatable bonds is 5. The smallest absolute Gasteiger partial charge is 0.274 e. The quantitative estimate of drug-likeness (QED) is 0.584. The van der Waals surface area contributed by atoms with Crippen molar-refractivity contribution in [1.29, 1.82) is 0 Å². The number of amides is 1. The molecule has 2 N–H and O–H groups in total. The van der Waals surface area contributed by atoms with Crippen LogP contribution in [0, 0.1) is 17.4 Å². The van der Waals surface area contributed by atoms with E-state index in [9.17, 15) is 4.79 Å². The van der Waals surface area contributed by atoms with Gasteiger partial charge in [-0.2, -0.15) is 10.2 Å². The maximum Gasteiger partial charge on any atom is 0.274 e. The summed E-state index contributed by atoms with van der Waals surface area (Å²) in [5.74, 6) is 0.579. The van der Waals surface area contributed by atoms with E-state index in [1.165, 1.54) is 0 Å². The Hall–Kier alpha value is -2.36. The van der Waals surface area contributed by atoms with Crippen LogP contribution in [0.15, 0.2) is 30.5 Å². The summed E-state index contributed by atoms with van der Waals surface area (Å²) in [6, 6.07) is 7.84. The van der Waals surface area contributed by atoms with Gasteiger partial charge in [-0.15, -0.1) is 0 Å². The normalized spacial score (nSPS) is 10.7. The zero-order chi connectivity index (χ0) is 18.0. The minimum absolute atomic E-state index is 0.228. The molecule has 0 unspecified atom stereocenters. The molecule has 0 radical (unpaired) electrons. The Morgan fingerprint density at radius 3 is 2.88 bits per heavy atom. The Balaban J connectivity index is 1.83. The number of hydrogen-bond donors (Lipinski definition) is 2. The van der Waals surface area contributed by atoms with Gasteiger partial charge in [-0.1, -0.05) is 12.1 Å². The Labute approximate surface area is 158 Å². The second-order valence-corrected chi connectivity index (χ2v) is 6.76. The van der Waals surface area contributed by atoms with Gasteiger partial charge in [-0.25, -0.2) is 0 Å². The standard InChI is InChI=1S/C17H18IN5O2/c1-10-15(20-17(24)16-14(18)8-19-21-16)11(2)23(22-10)9-12-5-4-6-13(7-12)25-3/h4-8H,9H2,1-3H3,(H,19,21)(H,20,24). The number of hydrogen-bond acceptors (Lipinski definition) is 4. The molecule has 0 spiro atoms. The molecule has 0 atom stereocenters. The predicted octanol–water partition coefficient (Wildman–Crippen LogP) is 3.14. The highest BCUT2D eigenvalue weighted by Gasteiger charge is 2.18. The van der Waals surface area contributed by atoms with Gasteiger partial charge < -0.3 is 10.1 Å². The van der Waals surface area contributed by atoms with E-state index < -0.39 is 0 Å². The van der Waals surface area contributed by atoms with Crippen LogP contribution in [0.25, 0.3) is 0 Å². The van der Waals surface area contributed by atoms with Crippen LogP contribution in [0.1, 0.15) is 27.4 Å². The summed E-state index contributed by atoms with van der Waals surface area (Å²) in [4.78, 5) is 12.4. The number of benzene rings is 1. The predicted molar refractivity (Wildman–Crippen MR) is 103 cm³/mol. The third kappa shape index (κ3) is 3.68. The van der Waals surface area contributed by atoms with E-state index in [1.54, 1.807) is 13.3 Å². The summed E-state index contributed by atoms with van der Waals surface area (Å²) < 4.78 is 7.91. The van der Waals surface area contributed by atoms with Crippen molar-refractivity contribution >= 4 is 34.2 Å². The van der Waals surface area contributed by atoms with Crippen molar-refractivity contribution in [3.05, 3.63) is 56.7 Å². The van der Waals surface area contributed by atoms with Gasteiger partial charge in [-0.05, 0) is 54.1 Å². The maximum atomic E-state index is 12.4.